The van der Waals surface area contributed by atoms with E-state index in [2.05, 4.69) is 31.2 Å². The number of H-pyrrole nitrogens is 1. The molecule has 0 atom stereocenters. The molecule has 3 aromatic rings. The molecule has 24 heavy (non-hydrogen) atoms. The zero-order valence-electron chi connectivity index (χ0n) is 12.5. The molecule has 2 aromatic heterocycles. The van der Waals surface area contributed by atoms with Crippen molar-refractivity contribution in [3.05, 3.63) is 54.9 Å². The van der Waals surface area contributed by atoms with Gasteiger partial charge in [-0.15, -0.1) is 11.3 Å². The van der Waals surface area contributed by atoms with Gasteiger partial charge in [0.05, 0.1) is 16.0 Å². The van der Waals surface area contributed by atoms with Gasteiger partial charge in [-0.2, -0.15) is 0 Å². The molecule has 1 aromatic carbocycles. The lowest BCUT2D eigenvalue weighted by molar-refractivity contribution is 0.102. The fraction of sp³-hybridized carbons (Fsp3) is 0.133. The van der Waals surface area contributed by atoms with Crippen LogP contribution >= 0.6 is 27.3 Å². The molecular formula is C15H10BrF2N3O2S. The predicted molar refractivity (Wildman–Crippen MR) is 91.7 cm³/mol. The monoisotopic (exact) mass is 413 g/mol. The Hall–Kier alpha value is -2.13. The highest BCUT2D eigenvalue weighted by Gasteiger charge is 2.21. The zero-order chi connectivity index (χ0) is 17.6. The highest BCUT2D eigenvalue weighted by atomic mass is 79.9. The van der Waals surface area contributed by atoms with Crippen molar-refractivity contribution in [2.75, 3.05) is 5.32 Å². The number of aromatic amines is 1. The van der Waals surface area contributed by atoms with Crippen LogP contribution in [0.4, 0.5) is 14.5 Å². The molecule has 0 fully saturated rings. The van der Waals surface area contributed by atoms with Crippen LogP contribution < -0.4 is 10.9 Å². The minimum absolute atomic E-state index is 0.0823. The van der Waals surface area contributed by atoms with Crippen molar-refractivity contribution in [1.29, 1.82) is 0 Å². The number of thiophene rings is 1. The summed E-state index contributed by atoms with van der Waals surface area (Å²) in [6.45, 7) is 3.26. The number of nitrogens with zero attached hydrogens (tertiary/aromatic N) is 1. The van der Waals surface area contributed by atoms with Gasteiger partial charge < -0.3 is 10.3 Å². The third-order valence-electron chi connectivity index (χ3n) is 3.37. The lowest BCUT2D eigenvalue weighted by atomic mass is 10.2. The van der Waals surface area contributed by atoms with Gasteiger partial charge in [-0.25, -0.2) is 13.8 Å². The molecule has 0 aliphatic rings. The standard InChI is InChI=1S/C15H10BrF2N3O2S/c1-5-10-13(22)19-6(2)20-15(10)24-12(5)14(23)21-11-8(16)3-7(17)4-9(11)18/h3-4H,1-2H3,(H,21,23)(H,19,20,22). The van der Waals surface area contributed by atoms with Gasteiger partial charge in [0.2, 0.25) is 0 Å². The van der Waals surface area contributed by atoms with Crippen LogP contribution in [-0.4, -0.2) is 15.9 Å². The van der Waals surface area contributed by atoms with Crippen molar-refractivity contribution in [3.63, 3.8) is 0 Å². The minimum atomic E-state index is -0.902. The highest BCUT2D eigenvalue weighted by molar-refractivity contribution is 9.10. The molecule has 3 rings (SSSR count). The van der Waals surface area contributed by atoms with E-state index in [-0.39, 0.29) is 20.6 Å². The first-order valence-electron chi connectivity index (χ1n) is 6.74. The smallest absolute Gasteiger partial charge is 0.266 e. The summed E-state index contributed by atoms with van der Waals surface area (Å²) in [7, 11) is 0. The second-order valence-corrected chi connectivity index (χ2v) is 6.94. The molecule has 0 unspecified atom stereocenters. The molecule has 9 heteroatoms. The highest BCUT2D eigenvalue weighted by Crippen LogP contribution is 2.31. The van der Waals surface area contributed by atoms with Crippen LogP contribution in [0.25, 0.3) is 10.2 Å². The first kappa shape index (κ1) is 16.7. The van der Waals surface area contributed by atoms with E-state index in [9.17, 15) is 18.4 Å². The molecule has 0 aliphatic carbocycles. The molecule has 0 saturated carbocycles. The molecule has 5 nitrogen and oxygen atoms in total. The molecule has 1 amide bonds. The molecular weight excluding hydrogens is 404 g/mol. The number of amides is 1. The summed E-state index contributed by atoms with van der Waals surface area (Å²) in [4.78, 5) is 32.0. The van der Waals surface area contributed by atoms with E-state index in [0.29, 0.717) is 27.7 Å². The maximum absolute atomic E-state index is 13.9. The Morgan fingerprint density at radius 3 is 2.71 bits per heavy atom. The third-order valence-corrected chi connectivity index (χ3v) is 5.18. The summed E-state index contributed by atoms with van der Waals surface area (Å²) in [6, 6.07) is 1.72. The van der Waals surface area contributed by atoms with E-state index < -0.39 is 17.5 Å². The van der Waals surface area contributed by atoms with Gasteiger partial charge in [0.1, 0.15) is 16.5 Å². The van der Waals surface area contributed by atoms with Crippen molar-refractivity contribution in [3.8, 4) is 0 Å². The van der Waals surface area contributed by atoms with E-state index in [1.54, 1.807) is 13.8 Å². The number of rotatable bonds is 2. The van der Waals surface area contributed by atoms with Gasteiger partial charge in [-0.05, 0) is 41.4 Å². The Morgan fingerprint density at radius 2 is 2.04 bits per heavy atom. The van der Waals surface area contributed by atoms with Gasteiger partial charge in [0.15, 0.2) is 5.82 Å². The Balaban J connectivity index is 2.06. The van der Waals surface area contributed by atoms with Crippen LogP contribution in [0.3, 0.4) is 0 Å². The maximum Gasteiger partial charge on any atom is 0.266 e. The largest absolute Gasteiger partial charge is 0.318 e. The topological polar surface area (TPSA) is 74.8 Å². The molecule has 0 radical (unpaired) electrons. The van der Waals surface area contributed by atoms with Crippen LogP contribution in [0.1, 0.15) is 21.1 Å². The van der Waals surface area contributed by atoms with E-state index in [4.69, 9.17) is 0 Å². The summed E-state index contributed by atoms with van der Waals surface area (Å²) < 4.78 is 27.1. The number of fused-ring (bicyclic) bond motifs is 1. The van der Waals surface area contributed by atoms with E-state index in [1.807, 2.05) is 0 Å². The maximum atomic E-state index is 13.9. The van der Waals surface area contributed by atoms with E-state index in [0.717, 1.165) is 17.4 Å². The van der Waals surface area contributed by atoms with Crippen LogP contribution in [0.15, 0.2) is 21.4 Å². The Bertz CT molecular complexity index is 1020. The van der Waals surface area contributed by atoms with E-state index >= 15 is 0 Å². The number of aryl methyl sites for hydroxylation is 2. The zero-order valence-corrected chi connectivity index (χ0v) is 14.9. The van der Waals surface area contributed by atoms with Gasteiger partial charge >= 0.3 is 0 Å². The van der Waals surface area contributed by atoms with Crippen LogP contribution in [0, 0.1) is 25.5 Å². The average Bonchev–Trinajstić information content (AvgIpc) is 2.79. The predicted octanol–water partition coefficient (Wildman–Crippen LogP) is 3.89. The Labute approximate surface area is 146 Å². The minimum Gasteiger partial charge on any atom is -0.318 e. The summed E-state index contributed by atoms with van der Waals surface area (Å²) in [5.41, 5.74) is -0.0457. The second kappa shape index (κ2) is 6.06. The molecule has 0 saturated heterocycles. The summed E-state index contributed by atoms with van der Waals surface area (Å²) in [5.74, 6) is -1.82. The SMILES string of the molecule is Cc1nc2sc(C(=O)Nc3c(F)cc(F)cc3Br)c(C)c2c(=O)[nH]1. The van der Waals surface area contributed by atoms with Crippen LogP contribution in [0.5, 0.6) is 0 Å². The fourth-order valence-electron chi connectivity index (χ4n) is 2.30. The molecule has 0 aliphatic heterocycles. The number of halogens is 3. The first-order chi connectivity index (χ1) is 11.3. The number of hydrogen-bond acceptors (Lipinski definition) is 4. The number of carbonyl (C=O) groups excluding carboxylic acids is 1. The summed E-state index contributed by atoms with van der Waals surface area (Å²) in [5, 5.41) is 2.73. The number of aromatic nitrogens is 2. The van der Waals surface area contributed by atoms with Crippen molar-refractivity contribution >= 4 is 49.1 Å². The number of nitrogens with one attached hydrogen (secondary N) is 2. The molecule has 0 bridgehead atoms. The fourth-order valence-corrected chi connectivity index (χ4v) is 3.93. The van der Waals surface area contributed by atoms with Gasteiger partial charge in [-0.3, -0.25) is 9.59 Å². The Kier molecular flexibility index (Phi) is 4.22. The normalized spacial score (nSPS) is 11.0. The summed E-state index contributed by atoms with van der Waals surface area (Å²) in [6.07, 6.45) is 0. The van der Waals surface area contributed by atoms with Crippen molar-refractivity contribution < 1.29 is 13.6 Å². The van der Waals surface area contributed by atoms with Crippen molar-refractivity contribution in [1.82, 2.24) is 9.97 Å². The number of carbonyl (C=O) groups is 1. The molecule has 0 spiro atoms. The third kappa shape index (κ3) is 2.84. The average molecular weight is 414 g/mol. The van der Waals surface area contributed by atoms with Crippen molar-refractivity contribution in [2.45, 2.75) is 13.8 Å². The van der Waals surface area contributed by atoms with E-state index in [1.165, 1.54) is 0 Å². The van der Waals surface area contributed by atoms with Gasteiger partial charge in [0, 0.05) is 10.5 Å². The molecule has 124 valence electrons. The number of hydrogen-bond donors (Lipinski definition) is 2. The van der Waals surface area contributed by atoms with Crippen molar-refractivity contribution in [2.24, 2.45) is 0 Å². The first-order valence-corrected chi connectivity index (χ1v) is 8.34. The number of anilines is 1. The summed E-state index contributed by atoms with van der Waals surface area (Å²) >= 11 is 4.05. The Morgan fingerprint density at radius 1 is 1.33 bits per heavy atom. The number of benzene rings is 1. The molecule has 2 N–H and O–H groups in total. The van der Waals surface area contributed by atoms with Crippen LogP contribution in [0.2, 0.25) is 0 Å². The van der Waals surface area contributed by atoms with Gasteiger partial charge in [0.25, 0.3) is 11.5 Å². The molecule has 2 heterocycles. The quantitative estimate of drug-likeness (QED) is 0.668. The van der Waals surface area contributed by atoms with Crippen LogP contribution in [-0.2, 0) is 0 Å². The second-order valence-electron chi connectivity index (χ2n) is 5.09. The van der Waals surface area contributed by atoms with Gasteiger partial charge in [-0.1, -0.05) is 0 Å². The lowest BCUT2D eigenvalue weighted by Gasteiger charge is -2.08. The lowest BCUT2D eigenvalue weighted by Crippen LogP contribution is -2.14.